The van der Waals surface area contributed by atoms with Crippen LogP contribution in [0.5, 0.6) is 0 Å². The fraction of sp³-hybridized carbons (Fsp3) is 0.900. The molecule has 0 spiro atoms. The van der Waals surface area contributed by atoms with Gasteiger partial charge in [0.1, 0.15) is 6.23 Å². The zero-order valence-electron chi connectivity index (χ0n) is 9.37. The van der Waals surface area contributed by atoms with Gasteiger partial charge in [-0.15, -0.1) is 0 Å². The van der Waals surface area contributed by atoms with Crippen molar-refractivity contribution in [3.63, 3.8) is 0 Å². The Bertz CT molecular complexity index is 272. The zero-order chi connectivity index (χ0) is 11.5. The standard InChI is InChI=1S/C10H18N2O4/c1-15-8-4-5-12(10(14)11-8)9-3-2-7(6-13)16-9/h7,9-10,13-14H,2-6H2,1H3/t7-,9+,10?/m0/s1. The van der Waals surface area contributed by atoms with Crippen LogP contribution in [0.15, 0.2) is 4.99 Å². The predicted molar refractivity (Wildman–Crippen MR) is 56.8 cm³/mol. The smallest absolute Gasteiger partial charge is 0.209 e. The van der Waals surface area contributed by atoms with Gasteiger partial charge in [-0.05, 0) is 12.8 Å². The maximum Gasteiger partial charge on any atom is 0.209 e. The molecule has 3 atom stereocenters. The number of aliphatic imine (C=N–C) groups is 1. The molecule has 1 unspecified atom stereocenters. The number of methoxy groups -OCH3 is 1. The molecule has 0 amide bonds. The second-order valence-electron chi connectivity index (χ2n) is 4.03. The van der Waals surface area contributed by atoms with Crippen LogP contribution in [0.2, 0.25) is 0 Å². The average molecular weight is 230 g/mol. The van der Waals surface area contributed by atoms with Crippen molar-refractivity contribution in [2.24, 2.45) is 4.99 Å². The second-order valence-corrected chi connectivity index (χ2v) is 4.03. The van der Waals surface area contributed by atoms with Crippen LogP contribution in [-0.4, -0.2) is 60.0 Å². The van der Waals surface area contributed by atoms with Gasteiger partial charge in [0.05, 0.1) is 19.8 Å². The van der Waals surface area contributed by atoms with Crippen LogP contribution >= 0.6 is 0 Å². The van der Waals surface area contributed by atoms with E-state index in [0.29, 0.717) is 18.9 Å². The minimum Gasteiger partial charge on any atom is -0.484 e. The maximum atomic E-state index is 9.81. The molecule has 0 aromatic rings. The Balaban J connectivity index is 1.94. The molecule has 2 N–H and O–H groups in total. The minimum absolute atomic E-state index is 0.0347. The van der Waals surface area contributed by atoms with Gasteiger partial charge in [0, 0.05) is 13.0 Å². The summed E-state index contributed by atoms with van der Waals surface area (Å²) >= 11 is 0. The number of aliphatic hydroxyl groups is 2. The lowest BCUT2D eigenvalue weighted by atomic mass is 10.2. The highest BCUT2D eigenvalue weighted by Crippen LogP contribution is 2.25. The molecule has 0 bridgehead atoms. The number of ether oxygens (including phenoxy) is 2. The molecule has 2 rings (SSSR count). The fourth-order valence-electron chi connectivity index (χ4n) is 2.12. The minimum atomic E-state index is -0.897. The van der Waals surface area contributed by atoms with E-state index in [0.717, 1.165) is 12.8 Å². The van der Waals surface area contributed by atoms with Crippen molar-refractivity contribution in [1.82, 2.24) is 4.90 Å². The highest BCUT2D eigenvalue weighted by molar-refractivity contribution is 5.76. The third-order valence-corrected chi connectivity index (χ3v) is 3.03. The van der Waals surface area contributed by atoms with E-state index in [2.05, 4.69) is 4.99 Å². The van der Waals surface area contributed by atoms with Crippen molar-refractivity contribution in [2.75, 3.05) is 20.3 Å². The van der Waals surface area contributed by atoms with Gasteiger partial charge in [-0.2, -0.15) is 0 Å². The number of rotatable bonds is 2. The summed E-state index contributed by atoms with van der Waals surface area (Å²) in [6, 6.07) is 0. The van der Waals surface area contributed by atoms with E-state index in [1.807, 2.05) is 0 Å². The van der Waals surface area contributed by atoms with Gasteiger partial charge < -0.3 is 19.7 Å². The zero-order valence-corrected chi connectivity index (χ0v) is 9.37. The van der Waals surface area contributed by atoms with E-state index in [-0.39, 0.29) is 18.9 Å². The summed E-state index contributed by atoms with van der Waals surface area (Å²) < 4.78 is 10.6. The van der Waals surface area contributed by atoms with E-state index in [4.69, 9.17) is 14.6 Å². The monoisotopic (exact) mass is 230 g/mol. The Labute approximate surface area is 94.5 Å². The first-order chi connectivity index (χ1) is 7.74. The largest absolute Gasteiger partial charge is 0.484 e. The topological polar surface area (TPSA) is 74.5 Å². The van der Waals surface area contributed by atoms with Crippen molar-refractivity contribution in [3.8, 4) is 0 Å². The summed E-state index contributed by atoms with van der Waals surface area (Å²) in [7, 11) is 1.55. The van der Waals surface area contributed by atoms with E-state index in [1.54, 1.807) is 12.0 Å². The SMILES string of the molecule is COC1=NC(O)N([C@H]2CC[C@@H](CO)O2)CC1. The Morgan fingerprint density at radius 1 is 1.56 bits per heavy atom. The molecule has 0 aromatic heterocycles. The van der Waals surface area contributed by atoms with Crippen LogP contribution in [0.1, 0.15) is 19.3 Å². The number of aliphatic hydroxyl groups excluding tert-OH is 2. The van der Waals surface area contributed by atoms with Crippen molar-refractivity contribution >= 4 is 5.90 Å². The summed E-state index contributed by atoms with van der Waals surface area (Å²) in [6.45, 7) is 0.698. The molecule has 0 saturated carbocycles. The quantitative estimate of drug-likeness (QED) is 0.669. The molecule has 16 heavy (non-hydrogen) atoms. The molecule has 1 fully saturated rings. The van der Waals surface area contributed by atoms with Crippen molar-refractivity contribution in [1.29, 1.82) is 0 Å². The maximum absolute atomic E-state index is 9.81. The molecule has 0 aliphatic carbocycles. The molecule has 6 nitrogen and oxygen atoms in total. The third kappa shape index (κ3) is 2.35. The van der Waals surface area contributed by atoms with Crippen molar-refractivity contribution in [3.05, 3.63) is 0 Å². The molecule has 0 radical (unpaired) electrons. The highest BCUT2D eigenvalue weighted by Gasteiger charge is 2.34. The summed E-state index contributed by atoms with van der Waals surface area (Å²) in [5.41, 5.74) is 0. The first kappa shape index (κ1) is 11.8. The van der Waals surface area contributed by atoms with Gasteiger partial charge in [0.15, 0.2) is 5.90 Å². The third-order valence-electron chi connectivity index (χ3n) is 3.03. The molecular formula is C10H18N2O4. The number of nitrogens with zero attached hydrogens (tertiary/aromatic N) is 2. The Kier molecular flexibility index (Phi) is 3.75. The summed E-state index contributed by atoms with van der Waals surface area (Å²) in [5, 5.41) is 18.8. The average Bonchev–Trinajstić information content (AvgIpc) is 2.77. The molecule has 2 heterocycles. The normalized spacial score (nSPS) is 36.2. The van der Waals surface area contributed by atoms with Crippen molar-refractivity contribution in [2.45, 2.75) is 37.9 Å². The second kappa shape index (κ2) is 5.09. The van der Waals surface area contributed by atoms with E-state index in [1.165, 1.54) is 0 Å². The van der Waals surface area contributed by atoms with Crippen LogP contribution in [0.4, 0.5) is 0 Å². The fourth-order valence-corrected chi connectivity index (χ4v) is 2.12. The van der Waals surface area contributed by atoms with Gasteiger partial charge in [0.2, 0.25) is 6.35 Å². The lowest BCUT2D eigenvalue weighted by Crippen LogP contribution is -2.46. The highest BCUT2D eigenvalue weighted by atomic mass is 16.5. The Morgan fingerprint density at radius 3 is 2.94 bits per heavy atom. The Hall–Kier alpha value is -0.690. The van der Waals surface area contributed by atoms with Gasteiger partial charge in [-0.25, -0.2) is 9.89 Å². The van der Waals surface area contributed by atoms with Gasteiger partial charge in [0.25, 0.3) is 0 Å². The molecule has 92 valence electrons. The first-order valence-electron chi connectivity index (χ1n) is 5.55. The van der Waals surface area contributed by atoms with E-state index >= 15 is 0 Å². The van der Waals surface area contributed by atoms with Crippen LogP contribution in [-0.2, 0) is 9.47 Å². The summed E-state index contributed by atoms with van der Waals surface area (Å²) in [4.78, 5) is 5.80. The van der Waals surface area contributed by atoms with Gasteiger partial charge in [-0.3, -0.25) is 0 Å². The summed E-state index contributed by atoms with van der Waals surface area (Å²) in [6.07, 6.45) is 1.17. The lowest BCUT2D eigenvalue weighted by molar-refractivity contribution is -0.131. The summed E-state index contributed by atoms with van der Waals surface area (Å²) in [5.74, 6) is 0.570. The molecular weight excluding hydrogens is 212 g/mol. The predicted octanol–water partition coefficient (Wildman–Crippen LogP) is -0.490. The number of hydrogen-bond donors (Lipinski definition) is 2. The molecule has 2 aliphatic rings. The molecule has 1 saturated heterocycles. The van der Waals surface area contributed by atoms with Gasteiger partial charge >= 0.3 is 0 Å². The van der Waals surface area contributed by atoms with Crippen LogP contribution in [0.25, 0.3) is 0 Å². The Morgan fingerprint density at radius 2 is 2.38 bits per heavy atom. The number of hydrogen-bond acceptors (Lipinski definition) is 6. The molecule has 2 aliphatic heterocycles. The van der Waals surface area contributed by atoms with E-state index < -0.39 is 6.35 Å². The molecule has 6 heteroatoms. The molecule has 0 aromatic carbocycles. The van der Waals surface area contributed by atoms with Crippen LogP contribution < -0.4 is 0 Å². The van der Waals surface area contributed by atoms with Crippen LogP contribution in [0.3, 0.4) is 0 Å². The van der Waals surface area contributed by atoms with E-state index in [9.17, 15) is 5.11 Å². The first-order valence-corrected chi connectivity index (χ1v) is 5.55. The van der Waals surface area contributed by atoms with Gasteiger partial charge in [-0.1, -0.05) is 0 Å². The lowest BCUT2D eigenvalue weighted by Gasteiger charge is -2.33. The van der Waals surface area contributed by atoms with Crippen LogP contribution in [0, 0.1) is 0 Å². The van der Waals surface area contributed by atoms with Crippen molar-refractivity contribution < 1.29 is 19.7 Å².